The van der Waals surface area contributed by atoms with Gasteiger partial charge in [-0.2, -0.15) is 0 Å². The second-order valence-corrected chi connectivity index (χ2v) is 4.57. The molecule has 2 aromatic rings. The van der Waals surface area contributed by atoms with Gasteiger partial charge >= 0.3 is 0 Å². The molecule has 0 N–H and O–H groups in total. The van der Waals surface area contributed by atoms with Gasteiger partial charge in [-0.3, -0.25) is 4.79 Å². The molecule has 102 valence electrons. The topological polar surface area (TPSA) is 20.3 Å². The molecule has 20 heavy (non-hydrogen) atoms. The van der Waals surface area contributed by atoms with Crippen LogP contribution < -0.4 is 0 Å². The van der Waals surface area contributed by atoms with Crippen molar-refractivity contribution in [3.63, 3.8) is 0 Å². The average Bonchev–Trinajstić information content (AvgIpc) is 2.46. The smallest absolute Gasteiger partial charge is 0.246 e. The zero-order valence-corrected chi connectivity index (χ0v) is 11.3. The third-order valence-corrected chi connectivity index (χ3v) is 2.91. The molecule has 0 heterocycles. The minimum absolute atomic E-state index is 0.113. The molecule has 0 atom stereocenters. The van der Waals surface area contributed by atoms with Gasteiger partial charge in [-0.25, -0.2) is 4.39 Å². The maximum Gasteiger partial charge on any atom is 0.246 e. The molecule has 0 saturated heterocycles. The van der Waals surface area contributed by atoms with Crippen LogP contribution in [0.3, 0.4) is 0 Å². The van der Waals surface area contributed by atoms with Crippen molar-refractivity contribution in [3.8, 4) is 0 Å². The van der Waals surface area contributed by atoms with Crippen LogP contribution in [-0.4, -0.2) is 17.9 Å². The standard InChI is InChI=1S/C17H16FNO/c1-19(13-15-6-3-2-4-7-15)17(20)11-10-14-8-5-9-16(18)12-14/h2-12H,13H2,1H3. The number of halogens is 1. The van der Waals surface area contributed by atoms with Crippen LogP contribution in [0, 0.1) is 5.82 Å². The van der Waals surface area contributed by atoms with Crippen molar-refractivity contribution < 1.29 is 9.18 Å². The van der Waals surface area contributed by atoms with Crippen molar-refractivity contribution >= 4 is 12.0 Å². The maximum absolute atomic E-state index is 13.0. The van der Waals surface area contributed by atoms with Gasteiger partial charge in [-0.05, 0) is 29.3 Å². The molecule has 0 aliphatic carbocycles. The number of carbonyl (C=O) groups is 1. The fourth-order valence-electron chi connectivity index (χ4n) is 1.84. The Morgan fingerprint density at radius 2 is 1.90 bits per heavy atom. The first-order chi connectivity index (χ1) is 9.65. The Labute approximate surface area is 118 Å². The molecule has 0 spiro atoms. The Bertz CT molecular complexity index is 607. The second kappa shape index (κ2) is 6.66. The van der Waals surface area contributed by atoms with Crippen LogP contribution in [0.4, 0.5) is 4.39 Å². The summed E-state index contributed by atoms with van der Waals surface area (Å²) >= 11 is 0. The van der Waals surface area contributed by atoms with Crippen molar-refractivity contribution in [2.75, 3.05) is 7.05 Å². The molecule has 0 saturated carbocycles. The maximum atomic E-state index is 13.0. The highest BCUT2D eigenvalue weighted by atomic mass is 19.1. The predicted molar refractivity (Wildman–Crippen MR) is 78.4 cm³/mol. The Kier molecular flexibility index (Phi) is 4.66. The number of nitrogens with zero attached hydrogens (tertiary/aromatic N) is 1. The minimum Gasteiger partial charge on any atom is -0.338 e. The van der Waals surface area contributed by atoms with E-state index in [1.165, 1.54) is 18.2 Å². The average molecular weight is 269 g/mol. The monoisotopic (exact) mass is 269 g/mol. The molecular weight excluding hydrogens is 253 g/mol. The summed E-state index contributed by atoms with van der Waals surface area (Å²) in [7, 11) is 1.74. The van der Waals surface area contributed by atoms with Crippen molar-refractivity contribution in [2.24, 2.45) is 0 Å². The first-order valence-electron chi connectivity index (χ1n) is 6.38. The number of rotatable bonds is 4. The molecule has 0 fully saturated rings. The summed E-state index contributed by atoms with van der Waals surface area (Å²) in [6, 6.07) is 15.9. The Morgan fingerprint density at radius 3 is 2.60 bits per heavy atom. The van der Waals surface area contributed by atoms with Crippen LogP contribution in [0.5, 0.6) is 0 Å². The van der Waals surface area contributed by atoms with Gasteiger partial charge in [0, 0.05) is 19.7 Å². The van der Waals surface area contributed by atoms with E-state index in [2.05, 4.69) is 0 Å². The lowest BCUT2D eigenvalue weighted by molar-refractivity contribution is -0.125. The van der Waals surface area contributed by atoms with E-state index in [9.17, 15) is 9.18 Å². The molecule has 0 unspecified atom stereocenters. The van der Waals surface area contributed by atoms with E-state index in [4.69, 9.17) is 0 Å². The molecule has 0 aromatic heterocycles. The predicted octanol–water partition coefficient (Wildman–Crippen LogP) is 3.50. The largest absolute Gasteiger partial charge is 0.338 e. The highest BCUT2D eigenvalue weighted by Gasteiger charge is 2.05. The molecule has 2 rings (SSSR count). The van der Waals surface area contributed by atoms with Crippen LogP contribution in [0.1, 0.15) is 11.1 Å². The lowest BCUT2D eigenvalue weighted by Gasteiger charge is -2.14. The molecule has 1 amide bonds. The molecule has 2 aromatic carbocycles. The first kappa shape index (κ1) is 14.0. The van der Waals surface area contributed by atoms with E-state index < -0.39 is 0 Å². The number of benzene rings is 2. The highest BCUT2D eigenvalue weighted by Crippen LogP contribution is 2.07. The van der Waals surface area contributed by atoms with Crippen molar-refractivity contribution in [1.29, 1.82) is 0 Å². The summed E-state index contributed by atoms with van der Waals surface area (Å²) in [5.74, 6) is -0.421. The van der Waals surface area contributed by atoms with E-state index >= 15 is 0 Å². The van der Waals surface area contributed by atoms with Crippen molar-refractivity contribution in [2.45, 2.75) is 6.54 Å². The molecule has 0 aliphatic heterocycles. The summed E-state index contributed by atoms with van der Waals surface area (Å²) < 4.78 is 13.0. The zero-order valence-electron chi connectivity index (χ0n) is 11.3. The van der Waals surface area contributed by atoms with Crippen molar-refractivity contribution in [1.82, 2.24) is 4.90 Å². The SMILES string of the molecule is CN(Cc1ccccc1)C(=O)C=Cc1cccc(F)c1. The summed E-state index contributed by atoms with van der Waals surface area (Å²) in [4.78, 5) is 13.6. The molecule has 2 nitrogen and oxygen atoms in total. The minimum atomic E-state index is -0.308. The Balaban J connectivity index is 1.97. The van der Waals surface area contributed by atoms with Gasteiger partial charge in [0.25, 0.3) is 0 Å². The van der Waals surface area contributed by atoms with Gasteiger partial charge in [0.1, 0.15) is 5.82 Å². The molecule has 0 aliphatic rings. The van der Waals surface area contributed by atoms with Gasteiger partial charge in [0.15, 0.2) is 0 Å². The Morgan fingerprint density at radius 1 is 1.15 bits per heavy atom. The molecular formula is C17H16FNO. The van der Waals surface area contributed by atoms with Crippen LogP contribution in [-0.2, 0) is 11.3 Å². The third kappa shape index (κ3) is 4.05. The highest BCUT2D eigenvalue weighted by molar-refractivity contribution is 5.91. The van der Waals surface area contributed by atoms with Crippen LogP contribution in [0.15, 0.2) is 60.7 Å². The van der Waals surface area contributed by atoms with E-state index in [-0.39, 0.29) is 11.7 Å². The number of hydrogen-bond acceptors (Lipinski definition) is 1. The number of likely N-dealkylation sites (N-methyl/N-ethyl adjacent to an activating group) is 1. The Hall–Kier alpha value is -2.42. The summed E-state index contributed by atoms with van der Waals surface area (Å²) in [5.41, 5.74) is 1.74. The lowest BCUT2D eigenvalue weighted by Crippen LogP contribution is -2.24. The molecule has 3 heteroatoms. The number of carbonyl (C=O) groups excluding carboxylic acids is 1. The van der Waals surface area contributed by atoms with Crippen LogP contribution in [0.2, 0.25) is 0 Å². The normalized spacial score (nSPS) is 10.7. The molecule has 0 bridgehead atoms. The lowest BCUT2D eigenvalue weighted by atomic mass is 10.2. The fraction of sp³-hybridized carbons (Fsp3) is 0.118. The van der Waals surface area contributed by atoms with E-state index in [0.717, 1.165) is 5.56 Å². The van der Waals surface area contributed by atoms with E-state index in [1.807, 2.05) is 30.3 Å². The van der Waals surface area contributed by atoms with Crippen molar-refractivity contribution in [3.05, 3.63) is 77.6 Å². The van der Waals surface area contributed by atoms with Gasteiger partial charge in [-0.15, -0.1) is 0 Å². The quantitative estimate of drug-likeness (QED) is 0.778. The summed E-state index contributed by atoms with van der Waals surface area (Å²) in [5, 5.41) is 0. The zero-order chi connectivity index (χ0) is 14.4. The van der Waals surface area contributed by atoms with Gasteiger partial charge < -0.3 is 4.90 Å². The van der Waals surface area contributed by atoms with Crippen LogP contribution >= 0.6 is 0 Å². The fourth-order valence-corrected chi connectivity index (χ4v) is 1.84. The summed E-state index contributed by atoms with van der Waals surface area (Å²) in [6.45, 7) is 0.549. The van der Waals surface area contributed by atoms with E-state index in [0.29, 0.717) is 12.1 Å². The van der Waals surface area contributed by atoms with Gasteiger partial charge in [0.05, 0.1) is 0 Å². The second-order valence-electron chi connectivity index (χ2n) is 4.57. The number of amides is 1. The van der Waals surface area contributed by atoms with Gasteiger partial charge in [-0.1, -0.05) is 42.5 Å². The van der Waals surface area contributed by atoms with E-state index in [1.54, 1.807) is 30.2 Å². The molecule has 0 radical (unpaired) electrons. The first-order valence-corrected chi connectivity index (χ1v) is 6.38. The third-order valence-electron chi connectivity index (χ3n) is 2.91. The number of hydrogen-bond donors (Lipinski definition) is 0. The summed E-state index contributed by atoms with van der Waals surface area (Å²) in [6.07, 6.45) is 3.07. The van der Waals surface area contributed by atoms with Gasteiger partial charge in [0.2, 0.25) is 5.91 Å². The van der Waals surface area contributed by atoms with Crippen LogP contribution in [0.25, 0.3) is 6.08 Å².